The topological polar surface area (TPSA) is 90.9 Å². The largest absolute Gasteiger partial charge is 0.380 e. The summed E-state index contributed by atoms with van der Waals surface area (Å²) in [5.41, 5.74) is -0.0300. The Kier molecular flexibility index (Phi) is 3.86. The second kappa shape index (κ2) is 5.15. The molecule has 0 amide bonds. The summed E-state index contributed by atoms with van der Waals surface area (Å²) in [5, 5.41) is 17.5. The van der Waals surface area contributed by atoms with E-state index in [4.69, 9.17) is 10.5 Å². The third-order valence-corrected chi connectivity index (χ3v) is 2.19. The Morgan fingerprint density at radius 1 is 1.18 bits per heavy atom. The van der Waals surface area contributed by atoms with Gasteiger partial charge in [-0.25, -0.2) is 0 Å². The van der Waals surface area contributed by atoms with Gasteiger partial charge in [0.05, 0.1) is 6.26 Å². The summed E-state index contributed by atoms with van der Waals surface area (Å²) in [6, 6.07) is 11.3. The number of hydrogen-bond donors (Lipinski definition) is 0. The summed E-state index contributed by atoms with van der Waals surface area (Å²) in [6.07, 6.45) is 0.850. The molecule has 0 saturated carbocycles. The van der Waals surface area contributed by atoms with Gasteiger partial charge in [-0.3, -0.25) is 0 Å². The predicted molar refractivity (Wildman–Crippen MR) is 60.5 cm³/mol. The minimum Gasteiger partial charge on any atom is -0.380 e. The smallest absolute Gasteiger partial charge is 0.306 e. The minimum atomic E-state index is -3.80. The number of allylic oxidation sites excluding steroid dienone is 1. The van der Waals surface area contributed by atoms with Crippen molar-refractivity contribution in [1.29, 1.82) is 10.5 Å². The molecule has 0 fully saturated rings. The fourth-order valence-corrected chi connectivity index (χ4v) is 1.58. The Balaban J connectivity index is 3.39. The van der Waals surface area contributed by atoms with Gasteiger partial charge in [-0.2, -0.15) is 18.9 Å². The maximum absolute atomic E-state index is 11.1. The molecule has 0 aliphatic carbocycles. The van der Waals surface area contributed by atoms with Gasteiger partial charge in [-0.05, 0) is 0 Å². The Hall–Kier alpha value is -2.31. The summed E-state index contributed by atoms with van der Waals surface area (Å²) in [7, 11) is -3.80. The summed E-state index contributed by atoms with van der Waals surface area (Å²) in [6.45, 7) is 0. The number of benzene rings is 1. The van der Waals surface area contributed by atoms with Crippen LogP contribution in [-0.4, -0.2) is 14.7 Å². The normalized spacial score (nSPS) is 9.82. The predicted octanol–water partition coefficient (Wildman–Crippen LogP) is 1.42. The van der Waals surface area contributed by atoms with E-state index in [1.165, 1.54) is 0 Å². The summed E-state index contributed by atoms with van der Waals surface area (Å²) < 4.78 is 26.8. The van der Waals surface area contributed by atoms with Crippen LogP contribution in [0.4, 0.5) is 0 Å². The highest BCUT2D eigenvalue weighted by atomic mass is 32.2. The van der Waals surface area contributed by atoms with Crippen molar-refractivity contribution in [3.63, 3.8) is 0 Å². The molecular formula is C11H8N2O3S. The molecule has 1 aromatic carbocycles. The van der Waals surface area contributed by atoms with Gasteiger partial charge < -0.3 is 4.18 Å². The molecule has 5 nitrogen and oxygen atoms in total. The molecule has 0 aromatic heterocycles. The molecule has 0 unspecified atom stereocenters. The van der Waals surface area contributed by atoms with Crippen LogP contribution in [0.15, 0.2) is 35.9 Å². The lowest BCUT2D eigenvalue weighted by atomic mass is 10.1. The highest BCUT2D eigenvalue weighted by molar-refractivity contribution is 7.86. The molecule has 1 aromatic rings. The van der Waals surface area contributed by atoms with E-state index in [0.29, 0.717) is 5.56 Å². The third kappa shape index (κ3) is 3.63. The number of hydrogen-bond acceptors (Lipinski definition) is 5. The van der Waals surface area contributed by atoms with Crippen molar-refractivity contribution in [3.05, 3.63) is 41.5 Å². The molecule has 0 spiro atoms. The summed E-state index contributed by atoms with van der Waals surface area (Å²) >= 11 is 0. The molecular weight excluding hydrogens is 240 g/mol. The first-order valence-corrected chi connectivity index (χ1v) is 6.29. The molecule has 86 valence electrons. The SMILES string of the molecule is CS(=O)(=O)OC(=C(C#N)C#N)c1ccccc1. The van der Waals surface area contributed by atoms with Gasteiger partial charge in [-0.15, -0.1) is 0 Å². The van der Waals surface area contributed by atoms with Crippen molar-refractivity contribution in [3.8, 4) is 12.1 Å². The van der Waals surface area contributed by atoms with E-state index in [2.05, 4.69) is 4.18 Å². The quantitative estimate of drug-likeness (QED) is 0.458. The van der Waals surface area contributed by atoms with Gasteiger partial charge in [0.25, 0.3) is 0 Å². The monoisotopic (exact) mass is 248 g/mol. The first kappa shape index (κ1) is 12.8. The molecule has 0 bridgehead atoms. The van der Waals surface area contributed by atoms with Crippen molar-refractivity contribution < 1.29 is 12.6 Å². The Bertz CT molecular complexity index is 603. The molecule has 0 saturated heterocycles. The first-order valence-electron chi connectivity index (χ1n) is 4.47. The van der Waals surface area contributed by atoms with E-state index in [1.807, 2.05) is 0 Å². The second-order valence-corrected chi connectivity index (χ2v) is 4.66. The van der Waals surface area contributed by atoms with E-state index in [-0.39, 0.29) is 11.3 Å². The lowest BCUT2D eigenvalue weighted by Crippen LogP contribution is -2.04. The molecule has 0 aliphatic rings. The van der Waals surface area contributed by atoms with E-state index in [9.17, 15) is 8.42 Å². The third-order valence-electron chi connectivity index (χ3n) is 1.72. The number of nitriles is 2. The van der Waals surface area contributed by atoms with E-state index < -0.39 is 10.1 Å². The van der Waals surface area contributed by atoms with Gasteiger partial charge in [-0.1, -0.05) is 30.3 Å². The Morgan fingerprint density at radius 3 is 2.12 bits per heavy atom. The summed E-state index contributed by atoms with van der Waals surface area (Å²) in [5.74, 6) is -0.252. The van der Waals surface area contributed by atoms with Crippen molar-refractivity contribution in [2.45, 2.75) is 0 Å². The van der Waals surface area contributed by atoms with Crippen LogP contribution in [0, 0.1) is 22.7 Å². The Labute approximate surface area is 99.3 Å². The van der Waals surface area contributed by atoms with Crippen LogP contribution < -0.4 is 0 Å². The molecule has 0 atom stereocenters. The van der Waals surface area contributed by atoms with Crippen LogP contribution in [0.2, 0.25) is 0 Å². The standard InChI is InChI=1S/C11H8N2O3S/c1-17(14,15)16-11(10(7-12)8-13)9-5-3-2-4-6-9/h2-6H,1H3. The molecule has 6 heteroatoms. The zero-order valence-electron chi connectivity index (χ0n) is 8.91. The zero-order chi connectivity index (χ0) is 12.9. The second-order valence-electron chi connectivity index (χ2n) is 3.08. The highest BCUT2D eigenvalue weighted by Crippen LogP contribution is 2.21. The van der Waals surface area contributed by atoms with E-state index in [1.54, 1.807) is 42.5 Å². The molecule has 0 aliphatic heterocycles. The molecule has 0 N–H and O–H groups in total. The van der Waals surface area contributed by atoms with Crippen molar-refractivity contribution >= 4 is 15.9 Å². The Morgan fingerprint density at radius 2 is 1.71 bits per heavy atom. The minimum absolute atomic E-state index is 0.252. The van der Waals surface area contributed by atoms with Crippen LogP contribution in [-0.2, 0) is 14.3 Å². The lowest BCUT2D eigenvalue weighted by Gasteiger charge is -2.07. The van der Waals surface area contributed by atoms with Gasteiger partial charge >= 0.3 is 10.1 Å². The first-order chi connectivity index (χ1) is 7.98. The average Bonchev–Trinajstić information content (AvgIpc) is 2.29. The molecule has 0 heterocycles. The number of rotatable bonds is 3. The van der Waals surface area contributed by atoms with Crippen LogP contribution >= 0.6 is 0 Å². The van der Waals surface area contributed by atoms with Crippen molar-refractivity contribution in [1.82, 2.24) is 0 Å². The van der Waals surface area contributed by atoms with Crippen molar-refractivity contribution in [2.75, 3.05) is 6.26 Å². The van der Waals surface area contributed by atoms with Gasteiger partial charge in [0, 0.05) is 5.56 Å². The van der Waals surface area contributed by atoms with Gasteiger partial charge in [0.15, 0.2) is 11.3 Å². The van der Waals surface area contributed by atoms with Crippen LogP contribution in [0.25, 0.3) is 5.76 Å². The fourth-order valence-electron chi connectivity index (χ4n) is 1.10. The summed E-state index contributed by atoms with van der Waals surface area (Å²) in [4.78, 5) is 0. The maximum atomic E-state index is 11.1. The molecule has 0 radical (unpaired) electrons. The highest BCUT2D eigenvalue weighted by Gasteiger charge is 2.15. The van der Waals surface area contributed by atoms with Gasteiger partial charge in [0.1, 0.15) is 12.1 Å². The van der Waals surface area contributed by atoms with Crippen LogP contribution in [0.5, 0.6) is 0 Å². The average molecular weight is 248 g/mol. The van der Waals surface area contributed by atoms with Crippen molar-refractivity contribution in [2.24, 2.45) is 0 Å². The van der Waals surface area contributed by atoms with Crippen LogP contribution in [0.3, 0.4) is 0 Å². The fraction of sp³-hybridized carbons (Fsp3) is 0.0909. The zero-order valence-corrected chi connectivity index (χ0v) is 9.73. The van der Waals surface area contributed by atoms with E-state index >= 15 is 0 Å². The number of nitrogens with zero attached hydrogens (tertiary/aromatic N) is 2. The molecule has 1 rings (SSSR count). The lowest BCUT2D eigenvalue weighted by molar-refractivity contribution is 0.469. The van der Waals surface area contributed by atoms with E-state index in [0.717, 1.165) is 6.26 Å². The maximum Gasteiger partial charge on any atom is 0.306 e. The van der Waals surface area contributed by atoms with Gasteiger partial charge in [0.2, 0.25) is 0 Å². The molecule has 17 heavy (non-hydrogen) atoms. The van der Waals surface area contributed by atoms with Crippen LogP contribution in [0.1, 0.15) is 5.56 Å².